The van der Waals surface area contributed by atoms with Gasteiger partial charge >= 0.3 is 0 Å². The largest absolute Gasteiger partial charge is 0.329 e. The molecule has 6 rings (SSSR count). The number of carbonyl (C=O) groups is 2. The van der Waals surface area contributed by atoms with Crippen LogP contribution in [0.5, 0.6) is 0 Å². The number of rotatable bonds is 3. The number of hydrogen-bond donors (Lipinski definition) is 2. The molecule has 164 valence electrons. The third-order valence-corrected chi connectivity index (χ3v) is 7.79. The second-order valence-electron chi connectivity index (χ2n) is 9.54. The van der Waals surface area contributed by atoms with Crippen molar-refractivity contribution in [1.82, 2.24) is 14.9 Å². The molecule has 32 heavy (non-hydrogen) atoms. The SMILES string of the molecule is O=C(Nc1nc2ccccc2[nH]1)[C@@H]1c2ccccc2C(=O)N(C2CCCC2)C12CCCC2. The van der Waals surface area contributed by atoms with E-state index < -0.39 is 11.5 Å². The standard InChI is InChI=1S/C26H28N4O2/c31-23(29-25-27-20-13-5-6-14-21(20)28-25)22-18-11-3-4-12-19(18)24(32)30(17-9-1-2-10-17)26(22)15-7-8-16-26/h3-6,11-14,17,22H,1-2,7-10,15-16H2,(H2,27,28,29,31)/t22-/m0/s1. The monoisotopic (exact) mass is 428 g/mol. The van der Waals surface area contributed by atoms with Gasteiger partial charge < -0.3 is 9.88 Å². The predicted molar refractivity (Wildman–Crippen MR) is 124 cm³/mol. The van der Waals surface area contributed by atoms with Crippen molar-refractivity contribution in [3.63, 3.8) is 0 Å². The van der Waals surface area contributed by atoms with Gasteiger partial charge in [0.1, 0.15) is 0 Å². The van der Waals surface area contributed by atoms with Crippen molar-refractivity contribution in [1.29, 1.82) is 0 Å². The van der Waals surface area contributed by atoms with Gasteiger partial charge in [0.25, 0.3) is 5.91 Å². The lowest BCUT2D eigenvalue weighted by Crippen LogP contribution is -2.62. The summed E-state index contributed by atoms with van der Waals surface area (Å²) in [5.41, 5.74) is 2.82. The Morgan fingerprint density at radius 1 is 1.00 bits per heavy atom. The van der Waals surface area contributed by atoms with E-state index in [4.69, 9.17) is 0 Å². The molecule has 0 bridgehead atoms. The summed E-state index contributed by atoms with van der Waals surface area (Å²) in [6, 6.07) is 15.7. The molecule has 6 heteroatoms. The summed E-state index contributed by atoms with van der Waals surface area (Å²) in [5, 5.41) is 3.08. The second-order valence-corrected chi connectivity index (χ2v) is 9.54. The first-order chi connectivity index (χ1) is 15.7. The van der Waals surface area contributed by atoms with Gasteiger partial charge in [0.15, 0.2) is 0 Å². The average Bonchev–Trinajstić information content (AvgIpc) is 3.55. The number of imidazole rings is 1. The fourth-order valence-electron chi connectivity index (χ4n) is 6.50. The number of amides is 2. The third kappa shape index (κ3) is 2.89. The zero-order valence-electron chi connectivity index (χ0n) is 18.1. The maximum atomic E-state index is 13.9. The fraction of sp³-hybridized carbons (Fsp3) is 0.423. The number of carbonyl (C=O) groups excluding carboxylic acids is 2. The van der Waals surface area contributed by atoms with E-state index in [-0.39, 0.29) is 17.9 Å². The lowest BCUT2D eigenvalue weighted by molar-refractivity contribution is -0.121. The summed E-state index contributed by atoms with van der Waals surface area (Å²) in [4.78, 5) is 37.6. The summed E-state index contributed by atoms with van der Waals surface area (Å²) in [6.45, 7) is 0. The molecule has 6 nitrogen and oxygen atoms in total. The molecule has 2 heterocycles. The number of benzene rings is 2. The number of fused-ring (bicyclic) bond motifs is 2. The molecule has 2 saturated carbocycles. The van der Waals surface area contributed by atoms with E-state index in [1.54, 1.807) is 0 Å². The Morgan fingerprint density at radius 3 is 2.50 bits per heavy atom. The van der Waals surface area contributed by atoms with Crippen molar-refractivity contribution in [3.8, 4) is 0 Å². The lowest BCUT2D eigenvalue weighted by Gasteiger charge is -2.52. The number of para-hydroxylation sites is 2. The van der Waals surface area contributed by atoms with Gasteiger partial charge in [0.05, 0.1) is 22.5 Å². The molecule has 2 N–H and O–H groups in total. The smallest absolute Gasteiger partial charge is 0.254 e. The van der Waals surface area contributed by atoms with Gasteiger partial charge in [-0.1, -0.05) is 56.0 Å². The summed E-state index contributed by atoms with van der Waals surface area (Å²) in [5.74, 6) is 0.106. The molecule has 1 aliphatic heterocycles. The van der Waals surface area contributed by atoms with Crippen LogP contribution in [0.1, 0.15) is 73.2 Å². The number of H-pyrrole nitrogens is 1. The Kier molecular flexibility index (Phi) is 4.56. The summed E-state index contributed by atoms with van der Waals surface area (Å²) in [6.07, 6.45) is 8.23. The highest BCUT2D eigenvalue weighted by Crippen LogP contribution is 2.52. The van der Waals surface area contributed by atoms with Gasteiger partial charge in [-0.25, -0.2) is 4.98 Å². The molecule has 2 aliphatic carbocycles. The van der Waals surface area contributed by atoms with Crippen molar-refractivity contribution in [2.75, 3.05) is 5.32 Å². The van der Waals surface area contributed by atoms with Crippen molar-refractivity contribution < 1.29 is 9.59 Å². The van der Waals surface area contributed by atoms with Crippen LogP contribution in [0.4, 0.5) is 5.95 Å². The molecular formula is C26H28N4O2. The first-order valence-electron chi connectivity index (χ1n) is 11.9. The molecule has 2 fully saturated rings. The number of nitrogens with zero attached hydrogens (tertiary/aromatic N) is 2. The molecular weight excluding hydrogens is 400 g/mol. The van der Waals surface area contributed by atoms with Crippen LogP contribution in [0.15, 0.2) is 48.5 Å². The summed E-state index contributed by atoms with van der Waals surface area (Å²) < 4.78 is 0. The molecule has 3 aliphatic rings. The topological polar surface area (TPSA) is 78.1 Å². The number of nitrogens with one attached hydrogen (secondary N) is 2. The molecule has 1 aromatic heterocycles. The Hall–Kier alpha value is -3.15. The molecule has 0 radical (unpaired) electrons. The normalized spacial score (nSPS) is 22.6. The minimum absolute atomic E-state index is 0.0751. The summed E-state index contributed by atoms with van der Waals surface area (Å²) in [7, 11) is 0. The van der Waals surface area contributed by atoms with Crippen molar-refractivity contribution >= 4 is 28.8 Å². The van der Waals surface area contributed by atoms with Crippen molar-refractivity contribution in [2.24, 2.45) is 0 Å². The molecule has 3 aromatic rings. The van der Waals surface area contributed by atoms with Gasteiger partial charge in [-0.3, -0.25) is 14.9 Å². The van der Waals surface area contributed by atoms with Crippen LogP contribution in [-0.4, -0.2) is 38.3 Å². The van der Waals surface area contributed by atoms with Crippen LogP contribution >= 0.6 is 0 Å². The quantitative estimate of drug-likeness (QED) is 0.616. The minimum Gasteiger partial charge on any atom is -0.329 e. The van der Waals surface area contributed by atoms with Gasteiger partial charge in [0, 0.05) is 11.6 Å². The van der Waals surface area contributed by atoms with Gasteiger partial charge in [-0.2, -0.15) is 0 Å². The zero-order valence-corrected chi connectivity index (χ0v) is 18.1. The van der Waals surface area contributed by atoms with Crippen LogP contribution in [0.25, 0.3) is 11.0 Å². The lowest BCUT2D eigenvalue weighted by atomic mass is 9.70. The Bertz CT molecular complexity index is 1150. The van der Waals surface area contributed by atoms with Crippen molar-refractivity contribution in [3.05, 3.63) is 59.7 Å². The van der Waals surface area contributed by atoms with E-state index in [9.17, 15) is 9.59 Å². The number of aromatic amines is 1. The van der Waals surface area contributed by atoms with E-state index in [1.165, 1.54) is 0 Å². The van der Waals surface area contributed by atoms with E-state index in [1.807, 2.05) is 48.5 Å². The zero-order chi connectivity index (χ0) is 21.7. The number of hydrogen-bond acceptors (Lipinski definition) is 3. The van der Waals surface area contributed by atoms with E-state index in [0.29, 0.717) is 11.5 Å². The van der Waals surface area contributed by atoms with Crippen LogP contribution in [-0.2, 0) is 4.79 Å². The number of aromatic nitrogens is 2. The highest BCUT2D eigenvalue weighted by molar-refractivity contribution is 6.05. The number of anilines is 1. The maximum Gasteiger partial charge on any atom is 0.254 e. The van der Waals surface area contributed by atoms with Crippen LogP contribution in [0.2, 0.25) is 0 Å². The molecule has 0 unspecified atom stereocenters. The Morgan fingerprint density at radius 2 is 1.72 bits per heavy atom. The van der Waals surface area contributed by atoms with E-state index >= 15 is 0 Å². The van der Waals surface area contributed by atoms with Crippen LogP contribution in [0, 0.1) is 0 Å². The predicted octanol–water partition coefficient (Wildman–Crippen LogP) is 5.00. The molecule has 2 aromatic carbocycles. The summed E-state index contributed by atoms with van der Waals surface area (Å²) >= 11 is 0. The third-order valence-electron chi connectivity index (χ3n) is 7.79. The molecule has 0 saturated heterocycles. The average molecular weight is 429 g/mol. The van der Waals surface area contributed by atoms with Crippen molar-refractivity contribution in [2.45, 2.75) is 68.9 Å². The molecule has 1 atom stereocenters. The fourth-order valence-corrected chi connectivity index (χ4v) is 6.50. The van der Waals surface area contributed by atoms with E-state index in [2.05, 4.69) is 20.2 Å². The van der Waals surface area contributed by atoms with Gasteiger partial charge in [-0.15, -0.1) is 0 Å². The van der Waals surface area contributed by atoms with E-state index in [0.717, 1.165) is 68.0 Å². The molecule has 1 spiro atoms. The Labute approximate surface area is 187 Å². The highest BCUT2D eigenvalue weighted by atomic mass is 16.2. The highest BCUT2D eigenvalue weighted by Gasteiger charge is 2.57. The second kappa shape index (κ2) is 7.47. The molecule has 2 amide bonds. The van der Waals surface area contributed by atoms with Crippen LogP contribution in [0.3, 0.4) is 0 Å². The Balaban J connectivity index is 1.45. The van der Waals surface area contributed by atoms with Gasteiger partial charge in [0.2, 0.25) is 11.9 Å². The first-order valence-corrected chi connectivity index (χ1v) is 11.9. The minimum atomic E-state index is -0.448. The van der Waals surface area contributed by atoms with Crippen LogP contribution < -0.4 is 5.32 Å². The maximum absolute atomic E-state index is 13.9. The first kappa shape index (κ1) is 19.5. The van der Waals surface area contributed by atoms with Gasteiger partial charge in [-0.05, 0) is 49.4 Å².